The molecule has 34 heavy (non-hydrogen) atoms. The Hall–Kier alpha value is -3.35. The smallest absolute Gasteiger partial charge is 0.338 e. The third-order valence-corrected chi connectivity index (χ3v) is 7.18. The number of sulfonamides is 1. The lowest BCUT2D eigenvalue weighted by Crippen LogP contribution is -2.27. The van der Waals surface area contributed by atoms with E-state index in [1.807, 2.05) is 0 Å². The number of methoxy groups -OCH3 is 1. The first kappa shape index (κ1) is 25.3. The predicted molar refractivity (Wildman–Crippen MR) is 123 cm³/mol. The molecule has 1 aliphatic heterocycles. The molecule has 0 atom stereocenters. The van der Waals surface area contributed by atoms with Gasteiger partial charge in [0.1, 0.15) is 5.69 Å². The Balaban J connectivity index is 1.62. The van der Waals surface area contributed by atoms with Crippen LogP contribution in [0.2, 0.25) is 0 Å². The molecule has 1 heterocycles. The number of carbonyl (C=O) groups is 2. The van der Waals surface area contributed by atoms with Gasteiger partial charge in [0.05, 0.1) is 22.0 Å². The molecule has 2 aromatic carbocycles. The fourth-order valence-corrected chi connectivity index (χ4v) is 4.95. The summed E-state index contributed by atoms with van der Waals surface area (Å²) in [5.74, 6) is -1.43. The first-order chi connectivity index (χ1) is 16.2. The minimum atomic E-state index is -3.60. The summed E-state index contributed by atoms with van der Waals surface area (Å²) in [5, 5.41) is 14.2. The van der Waals surface area contributed by atoms with Gasteiger partial charge in [-0.3, -0.25) is 14.9 Å². The molecule has 0 saturated carbocycles. The van der Waals surface area contributed by atoms with E-state index in [4.69, 9.17) is 9.47 Å². The van der Waals surface area contributed by atoms with E-state index in [0.29, 0.717) is 26.2 Å². The van der Waals surface area contributed by atoms with Crippen LogP contribution >= 0.6 is 0 Å². The standard InChI is InChI=1S/C22H25N3O8S/c1-32-13-10-23-19-9-6-17(14-20(19)25(28)29)22(27)33-15-21(26)16-4-7-18(8-5-16)34(30,31)24-11-2-3-12-24/h4-9,14,23H,2-3,10-13,15H2,1H3. The lowest BCUT2D eigenvalue weighted by molar-refractivity contribution is -0.384. The van der Waals surface area contributed by atoms with E-state index in [1.54, 1.807) is 0 Å². The number of carbonyl (C=O) groups excluding carboxylic acids is 2. The molecule has 0 bridgehead atoms. The van der Waals surface area contributed by atoms with Gasteiger partial charge in [-0.1, -0.05) is 0 Å². The molecule has 0 amide bonds. The number of nitrogens with one attached hydrogen (secondary N) is 1. The van der Waals surface area contributed by atoms with Crippen LogP contribution in [0.5, 0.6) is 0 Å². The molecule has 1 saturated heterocycles. The van der Waals surface area contributed by atoms with Crippen molar-refractivity contribution in [3.05, 3.63) is 63.7 Å². The van der Waals surface area contributed by atoms with Crippen LogP contribution in [0.4, 0.5) is 11.4 Å². The maximum atomic E-state index is 12.6. The van der Waals surface area contributed by atoms with Gasteiger partial charge < -0.3 is 14.8 Å². The zero-order chi connectivity index (χ0) is 24.7. The van der Waals surface area contributed by atoms with Gasteiger partial charge in [0.25, 0.3) is 5.69 Å². The van der Waals surface area contributed by atoms with Gasteiger partial charge in [0.2, 0.25) is 10.0 Å². The Bertz CT molecular complexity index is 1160. The summed E-state index contributed by atoms with van der Waals surface area (Å²) in [6.45, 7) is 1.03. The lowest BCUT2D eigenvalue weighted by atomic mass is 10.1. The van der Waals surface area contributed by atoms with Crippen molar-refractivity contribution >= 4 is 33.2 Å². The molecule has 0 aliphatic carbocycles. The largest absolute Gasteiger partial charge is 0.454 e. The number of ether oxygens (including phenoxy) is 2. The van der Waals surface area contributed by atoms with Crippen LogP contribution in [0.15, 0.2) is 47.4 Å². The zero-order valence-corrected chi connectivity index (χ0v) is 19.4. The monoisotopic (exact) mass is 491 g/mol. The second kappa shape index (κ2) is 11.2. The second-order valence-electron chi connectivity index (χ2n) is 7.54. The number of ketones is 1. The molecule has 1 N–H and O–H groups in total. The predicted octanol–water partition coefficient (Wildman–Crippen LogP) is 2.48. The molecule has 2 aromatic rings. The van der Waals surface area contributed by atoms with Gasteiger partial charge in [0.15, 0.2) is 12.4 Å². The van der Waals surface area contributed by atoms with E-state index in [1.165, 1.54) is 47.8 Å². The molecule has 11 nitrogen and oxygen atoms in total. The maximum absolute atomic E-state index is 12.6. The molecule has 12 heteroatoms. The third kappa shape index (κ3) is 5.95. The number of nitro groups is 1. The Morgan fingerprint density at radius 1 is 1.09 bits per heavy atom. The molecule has 0 aromatic heterocycles. The van der Waals surface area contributed by atoms with Crippen LogP contribution in [0.25, 0.3) is 0 Å². The molecule has 0 radical (unpaired) electrons. The summed E-state index contributed by atoms with van der Waals surface area (Å²) in [5.41, 5.74) is 0.00557. The van der Waals surface area contributed by atoms with E-state index in [-0.39, 0.29) is 27.4 Å². The topological polar surface area (TPSA) is 145 Å². The molecule has 1 fully saturated rings. The summed E-state index contributed by atoms with van der Waals surface area (Å²) in [6.07, 6.45) is 1.63. The Morgan fingerprint density at radius 2 is 1.74 bits per heavy atom. The van der Waals surface area contributed by atoms with Crippen LogP contribution in [-0.4, -0.2) is 69.4 Å². The van der Waals surface area contributed by atoms with Gasteiger partial charge in [-0.05, 0) is 49.2 Å². The number of Topliss-reactive ketones (excluding diaryl/α,β-unsaturated/α-hetero) is 1. The molecule has 1 aliphatic rings. The molecule has 0 spiro atoms. The van der Waals surface area contributed by atoms with E-state index < -0.39 is 33.3 Å². The van der Waals surface area contributed by atoms with Crippen molar-refractivity contribution in [2.75, 3.05) is 45.3 Å². The number of nitrogens with zero attached hydrogens (tertiary/aromatic N) is 2. The summed E-state index contributed by atoms with van der Waals surface area (Å²) in [7, 11) is -2.09. The minimum absolute atomic E-state index is 0.0798. The number of esters is 1. The number of hydrogen-bond donors (Lipinski definition) is 1. The Labute approximate surface area is 196 Å². The van der Waals surface area contributed by atoms with Crippen molar-refractivity contribution in [1.82, 2.24) is 4.31 Å². The average molecular weight is 492 g/mol. The van der Waals surface area contributed by atoms with Crippen molar-refractivity contribution in [2.24, 2.45) is 0 Å². The minimum Gasteiger partial charge on any atom is -0.454 e. The Morgan fingerprint density at radius 3 is 2.35 bits per heavy atom. The van der Waals surface area contributed by atoms with Crippen LogP contribution < -0.4 is 5.32 Å². The highest BCUT2D eigenvalue weighted by atomic mass is 32.2. The fraction of sp³-hybridized carbons (Fsp3) is 0.364. The van der Waals surface area contributed by atoms with Crippen molar-refractivity contribution in [1.29, 1.82) is 0 Å². The van der Waals surface area contributed by atoms with E-state index in [9.17, 15) is 28.1 Å². The number of anilines is 1. The molecule has 3 rings (SSSR count). The van der Waals surface area contributed by atoms with Gasteiger partial charge in [-0.15, -0.1) is 0 Å². The number of hydrogen-bond acceptors (Lipinski definition) is 9. The molecular formula is C22H25N3O8S. The van der Waals surface area contributed by atoms with Crippen LogP contribution in [0.3, 0.4) is 0 Å². The third-order valence-electron chi connectivity index (χ3n) is 5.27. The van der Waals surface area contributed by atoms with Gasteiger partial charge in [-0.25, -0.2) is 13.2 Å². The normalized spacial score (nSPS) is 14.0. The quantitative estimate of drug-likeness (QED) is 0.165. The molecule has 182 valence electrons. The summed E-state index contributed by atoms with van der Waals surface area (Å²) in [4.78, 5) is 35.6. The van der Waals surface area contributed by atoms with Crippen molar-refractivity contribution in [3.63, 3.8) is 0 Å². The van der Waals surface area contributed by atoms with Crippen LogP contribution in [0.1, 0.15) is 33.6 Å². The highest BCUT2D eigenvalue weighted by molar-refractivity contribution is 7.89. The second-order valence-corrected chi connectivity index (χ2v) is 9.48. The van der Waals surface area contributed by atoms with Crippen molar-refractivity contribution in [2.45, 2.75) is 17.7 Å². The number of nitro benzene ring substituents is 1. The van der Waals surface area contributed by atoms with Crippen molar-refractivity contribution in [3.8, 4) is 0 Å². The van der Waals surface area contributed by atoms with Crippen LogP contribution in [0, 0.1) is 10.1 Å². The Kier molecular flexibility index (Phi) is 8.31. The maximum Gasteiger partial charge on any atom is 0.338 e. The average Bonchev–Trinajstić information content (AvgIpc) is 3.38. The first-order valence-electron chi connectivity index (χ1n) is 10.6. The highest BCUT2D eigenvalue weighted by Gasteiger charge is 2.27. The van der Waals surface area contributed by atoms with E-state index in [2.05, 4.69) is 5.32 Å². The van der Waals surface area contributed by atoms with Crippen molar-refractivity contribution < 1.29 is 32.4 Å². The number of rotatable bonds is 11. The molecular weight excluding hydrogens is 466 g/mol. The summed E-state index contributed by atoms with van der Waals surface area (Å²) >= 11 is 0. The van der Waals surface area contributed by atoms with Gasteiger partial charge in [0, 0.05) is 38.4 Å². The zero-order valence-electron chi connectivity index (χ0n) is 18.6. The molecule has 0 unspecified atom stereocenters. The fourth-order valence-electron chi connectivity index (χ4n) is 3.44. The summed E-state index contributed by atoms with van der Waals surface area (Å²) in [6, 6.07) is 9.23. The first-order valence-corrected chi connectivity index (χ1v) is 12.0. The van der Waals surface area contributed by atoms with Gasteiger partial charge >= 0.3 is 5.97 Å². The van der Waals surface area contributed by atoms with Gasteiger partial charge in [-0.2, -0.15) is 4.31 Å². The SMILES string of the molecule is COCCNc1ccc(C(=O)OCC(=O)c2ccc(S(=O)(=O)N3CCCC3)cc2)cc1[N+](=O)[O-]. The highest BCUT2D eigenvalue weighted by Crippen LogP contribution is 2.26. The van der Waals surface area contributed by atoms with E-state index in [0.717, 1.165) is 18.9 Å². The van der Waals surface area contributed by atoms with Crippen LogP contribution in [-0.2, 0) is 19.5 Å². The number of benzene rings is 2. The summed E-state index contributed by atoms with van der Waals surface area (Å²) < 4.78 is 36.5. The lowest BCUT2D eigenvalue weighted by Gasteiger charge is -2.15. The van der Waals surface area contributed by atoms with E-state index >= 15 is 0 Å².